The van der Waals surface area contributed by atoms with Crippen molar-refractivity contribution in [3.8, 4) is 0 Å². The number of ether oxygens (including phenoxy) is 5. The summed E-state index contributed by atoms with van der Waals surface area (Å²) in [7, 11) is 0. The summed E-state index contributed by atoms with van der Waals surface area (Å²) in [6.45, 7) is 11.9. The first-order valence-corrected chi connectivity index (χ1v) is 13.0. The summed E-state index contributed by atoms with van der Waals surface area (Å²) in [5.41, 5.74) is 1.19. The van der Waals surface area contributed by atoms with E-state index in [0.717, 1.165) is 5.56 Å². The Morgan fingerprint density at radius 2 is 1.20 bits per heavy atom. The number of carbonyl (C=O) groups is 4. The van der Waals surface area contributed by atoms with Crippen molar-refractivity contribution in [3.05, 3.63) is 94.6 Å². The fourth-order valence-electron chi connectivity index (χ4n) is 6.09. The van der Waals surface area contributed by atoms with Gasteiger partial charge in [0, 0.05) is 11.1 Å². The van der Waals surface area contributed by atoms with Crippen molar-refractivity contribution in [1.29, 1.82) is 0 Å². The molecule has 1 saturated heterocycles. The molecule has 1 heterocycles. The average Bonchev–Trinajstić information content (AvgIpc) is 3.24. The highest BCUT2D eigenvalue weighted by Crippen LogP contribution is 2.67. The normalized spacial score (nSPS) is 25.4. The Morgan fingerprint density at radius 1 is 0.750 bits per heavy atom. The van der Waals surface area contributed by atoms with Crippen LogP contribution in [0, 0.1) is 18.8 Å². The number of benzene rings is 2. The molecule has 0 aromatic heterocycles. The first-order chi connectivity index (χ1) is 19.1. The highest BCUT2D eigenvalue weighted by molar-refractivity contribution is 6.01. The lowest BCUT2D eigenvalue weighted by Gasteiger charge is -2.58. The van der Waals surface area contributed by atoms with Crippen molar-refractivity contribution in [3.63, 3.8) is 0 Å². The zero-order valence-electron chi connectivity index (χ0n) is 22.6. The lowest BCUT2D eigenvalue weighted by atomic mass is 9.50. The Balaban J connectivity index is 1.63. The number of cyclic esters (lactones) is 2. The molecule has 3 aliphatic carbocycles. The smallest absolute Gasteiger partial charge is 0.333 e. The molecule has 0 N–H and O–H groups in total. The number of rotatable bonds is 10. The summed E-state index contributed by atoms with van der Waals surface area (Å²) >= 11 is 0. The Hall–Kier alpha value is -4.08. The van der Waals surface area contributed by atoms with Crippen LogP contribution in [0.4, 0.5) is 0 Å². The van der Waals surface area contributed by atoms with Crippen molar-refractivity contribution < 1.29 is 42.9 Å². The maximum atomic E-state index is 13.4. The first-order valence-electron chi connectivity index (χ1n) is 13.0. The lowest BCUT2D eigenvalue weighted by Crippen LogP contribution is -2.63. The largest absolute Gasteiger partial charge is 0.460 e. The summed E-state index contributed by atoms with van der Waals surface area (Å²) < 4.78 is 28.9. The Bertz CT molecular complexity index is 1460. The van der Waals surface area contributed by atoms with Crippen LogP contribution in [-0.2, 0) is 54.1 Å². The Labute approximate surface area is 231 Å². The second-order valence-electron chi connectivity index (χ2n) is 10.3. The molecular weight excluding hydrogens is 516 g/mol. The fourth-order valence-corrected chi connectivity index (χ4v) is 6.09. The third-order valence-corrected chi connectivity index (χ3v) is 7.61. The molecule has 2 bridgehead atoms. The van der Waals surface area contributed by atoms with Gasteiger partial charge in [0.2, 0.25) is 0 Å². The van der Waals surface area contributed by atoms with Gasteiger partial charge < -0.3 is 23.7 Å². The number of aryl methyl sites for hydroxylation is 1. The zero-order valence-corrected chi connectivity index (χ0v) is 22.6. The molecule has 9 nitrogen and oxygen atoms in total. The minimum Gasteiger partial charge on any atom is -0.460 e. The highest BCUT2D eigenvalue weighted by Gasteiger charge is 2.75. The predicted molar refractivity (Wildman–Crippen MR) is 141 cm³/mol. The molecule has 4 unspecified atom stereocenters. The lowest BCUT2D eigenvalue weighted by molar-refractivity contribution is -0.183. The van der Waals surface area contributed by atoms with Gasteiger partial charge in [-0.3, -0.25) is 9.59 Å². The molecule has 4 atom stereocenters. The van der Waals surface area contributed by atoms with Gasteiger partial charge in [-0.25, -0.2) is 9.59 Å². The van der Waals surface area contributed by atoms with Crippen LogP contribution < -0.4 is 0 Å². The van der Waals surface area contributed by atoms with Gasteiger partial charge in [0.15, 0.2) is 0 Å². The Kier molecular flexibility index (Phi) is 6.97. The van der Waals surface area contributed by atoms with Crippen molar-refractivity contribution in [2.24, 2.45) is 11.8 Å². The van der Waals surface area contributed by atoms with Crippen LogP contribution >= 0.6 is 0 Å². The van der Waals surface area contributed by atoms with Crippen LogP contribution in [0.3, 0.4) is 0 Å². The molecule has 2 aromatic carbocycles. The number of hydrogen-bond acceptors (Lipinski definition) is 9. The van der Waals surface area contributed by atoms with Gasteiger partial charge in [-0.1, -0.05) is 61.2 Å². The van der Waals surface area contributed by atoms with E-state index in [1.807, 2.05) is 49.4 Å². The van der Waals surface area contributed by atoms with Crippen molar-refractivity contribution in [2.75, 3.05) is 26.4 Å². The molecule has 0 spiro atoms. The molecule has 1 fully saturated rings. The molecule has 2 aromatic rings. The van der Waals surface area contributed by atoms with Crippen molar-refractivity contribution in [2.45, 2.75) is 32.0 Å². The maximum Gasteiger partial charge on any atom is 0.333 e. The van der Waals surface area contributed by atoms with Crippen LogP contribution in [0.2, 0.25) is 0 Å². The Morgan fingerprint density at radius 3 is 1.68 bits per heavy atom. The van der Waals surface area contributed by atoms with E-state index in [-0.39, 0.29) is 37.6 Å². The molecule has 40 heavy (non-hydrogen) atoms. The number of esters is 4. The van der Waals surface area contributed by atoms with Crippen molar-refractivity contribution in [1.82, 2.24) is 0 Å². The SMILES string of the molecule is C=C(C)C(=O)OCCOC12c3ccccc3C(OCCOC(=O)C(=C)C)(c3cc(C)ccc31)C1C(=O)OC(=O)C12. The van der Waals surface area contributed by atoms with Crippen LogP contribution in [0.5, 0.6) is 0 Å². The third kappa shape index (κ3) is 4.00. The van der Waals surface area contributed by atoms with E-state index < -0.39 is 46.9 Å². The molecule has 4 aliphatic rings. The van der Waals surface area contributed by atoms with Gasteiger partial charge in [0.05, 0.1) is 13.2 Å². The molecule has 208 valence electrons. The van der Waals surface area contributed by atoms with E-state index in [4.69, 9.17) is 23.7 Å². The maximum absolute atomic E-state index is 13.4. The standard InChI is InChI=1S/C31H30O9/c1-17(2)26(32)36-12-14-38-30-20-8-6-7-9-21(20)31(23-16-19(5)10-11-22(23)30,25-24(30)28(34)40-29(25)35)39-15-13-37-27(33)18(3)4/h6-11,16,24-25H,1,3,12-15H2,2,4-5H3. The summed E-state index contributed by atoms with van der Waals surface area (Å²) in [4.78, 5) is 50.8. The second-order valence-corrected chi connectivity index (χ2v) is 10.3. The summed E-state index contributed by atoms with van der Waals surface area (Å²) in [6.07, 6.45) is 0. The van der Waals surface area contributed by atoms with Crippen LogP contribution in [0.15, 0.2) is 66.8 Å². The molecule has 6 rings (SSSR count). The second kappa shape index (κ2) is 10.1. The minimum absolute atomic E-state index is 0.0594. The number of hydrogen-bond donors (Lipinski definition) is 0. The first kappa shape index (κ1) is 27.5. The quantitative estimate of drug-likeness (QED) is 0.145. The number of carbonyl (C=O) groups excluding carboxylic acids is 4. The van der Waals surface area contributed by atoms with Gasteiger partial charge in [0.1, 0.15) is 36.3 Å². The zero-order chi connectivity index (χ0) is 28.8. The summed E-state index contributed by atoms with van der Waals surface area (Å²) in [5, 5.41) is 0. The molecule has 0 amide bonds. The molecule has 1 aliphatic heterocycles. The summed E-state index contributed by atoms with van der Waals surface area (Å²) in [5.74, 6) is -4.71. The third-order valence-electron chi connectivity index (χ3n) is 7.61. The van der Waals surface area contributed by atoms with Gasteiger partial charge >= 0.3 is 23.9 Å². The highest BCUT2D eigenvalue weighted by atomic mass is 16.6. The van der Waals surface area contributed by atoms with Crippen molar-refractivity contribution >= 4 is 23.9 Å². The van der Waals surface area contributed by atoms with Crippen LogP contribution in [-0.4, -0.2) is 50.3 Å². The van der Waals surface area contributed by atoms with E-state index in [9.17, 15) is 19.2 Å². The molecule has 0 radical (unpaired) electrons. The summed E-state index contributed by atoms with van der Waals surface area (Å²) in [6, 6.07) is 13.0. The molecular formula is C31H30O9. The average molecular weight is 547 g/mol. The predicted octanol–water partition coefficient (Wildman–Crippen LogP) is 3.40. The van der Waals surface area contributed by atoms with Gasteiger partial charge in [-0.05, 0) is 43.0 Å². The van der Waals surface area contributed by atoms with Crippen LogP contribution in [0.25, 0.3) is 0 Å². The minimum atomic E-state index is -1.40. The van der Waals surface area contributed by atoms with Crippen LogP contribution in [0.1, 0.15) is 41.7 Å². The van der Waals surface area contributed by atoms with E-state index in [1.54, 1.807) is 13.8 Å². The fraction of sp³-hybridized carbons (Fsp3) is 0.355. The van der Waals surface area contributed by atoms with E-state index in [1.165, 1.54) is 0 Å². The topological polar surface area (TPSA) is 114 Å². The van der Waals surface area contributed by atoms with Gasteiger partial charge in [0.25, 0.3) is 0 Å². The monoisotopic (exact) mass is 546 g/mol. The van der Waals surface area contributed by atoms with E-state index in [2.05, 4.69) is 13.2 Å². The molecule has 9 heteroatoms. The van der Waals surface area contributed by atoms with E-state index >= 15 is 0 Å². The molecule has 0 saturated carbocycles. The van der Waals surface area contributed by atoms with E-state index in [0.29, 0.717) is 22.3 Å². The van der Waals surface area contributed by atoms with Gasteiger partial charge in [-0.15, -0.1) is 0 Å². The van der Waals surface area contributed by atoms with Gasteiger partial charge in [-0.2, -0.15) is 0 Å².